The molecular weight excluding hydrogens is 298 g/mol. The molecule has 3 heterocycles. The first kappa shape index (κ1) is 15.5. The monoisotopic (exact) mass is 317 g/mol. The Bertz CT molecular complexity index is 689. The van der Waals surface area contributed by atoms with Gasteiger partial charge in [0.15, 0.2) is 0 Å². The predicted octanol–water partition coefficient (Wildman–Crippen LogP) is 1.03. The van der Waals surface area contributed by atoms with Crippen LogP contribution in [0, 0.1) is 13.8 Å². The standard InChI is InChI=1S/C16H19N3O4/c1-9-6-11(7-13-14(20)17-16(22)18-15(13)21)10(2)19(9)8-12-4-3-5-23-12/h6-7,12H,3-5,8H2,1-2H3,(H2,17,18,20,21,22)/t12-/m1/s1. The summed E-state index contributed by atoms with van der Waals surface area (Å²) in [5.41, 5.74) is 2.72. The lowest BCUT2D eigenvalue weighted by Crippen LogP contribution is -2.51. The van der Waals surface area contributed by atoms with Crippen LogP contribution in [0.5, 0.6) is 0 Å². The molecule has 2 aliphatic heterocycles. The number of aromatic nitrogens is 1. The van der Waals surface area contributed by atoms with Gasteiger partial charge >= 0.3 is 6.03 Å². The molecule has 2 saturated heterocycles. The number of ether oxygens (including phenoxy) is 1. The second-order valence-electron chi connectivity index (χ2n) is 5.87. The minimum Gasteiger partial charge on any atom is -0.376 e. The second-order valence-corrected chi connectivity index (χ2v) is 5.87. The molecule has 2 fully saturated rings. The van der Waals surface area contributed by atoms with Crippen molar-refractivity contribution >= 4 is 23.9 Å². The highest BCUT2D eigenvalue weighted by atomic mass is 16.5. The zero-order valence-electron chi connectivity index (χ0n) is 13.1. The Balaban J connectivity index is 1.88. The molecular formula is C16H19N3O4. The predicted molar refractivity (Wildman–Crippen MR) is 82.5 cm³/mol. The summed E-state index contributed by atoms with van der Waals surface area (Å²) in [6.45, 7) is 5.49. The molecule has 2 aliphatic rings. The average molecular weight is 317 g/mol. The summed E-state index contributed by atoms with van der Waals surface area (Å²) in [4.78, 5) is 34.7. The van der Waals surface area contributed by atoms with Gasteiger partial charge in [0.05, 0.1) is 6.10 Å². The minimum absolute atomic E-state index is 0.0676. The number of nitrogens with zero attached hydrogens (tertiary/aromatic N) is 1. The van der Waals surface area contributed by atoms with Crippen molar-refractivity contribution in [3.8, 4) is 0 Å². The maximum absolute atomic E-state index is 11.8. The second kappa shape index (κ2) is 6.00. The Morgan fingerprint density at radius 1 is 1.26 bits per heavy atom. The van der Waals surface area contributed by atoms with Crippen molar-refractivity contribution in [2.45, 2.75) is 39.3 Å². The molecule has 7 nitrogen and oxygen atoms in total. The van der Waals surface area contributed by atoms with Gasteiger partial charge in [0, 0.05) is 24.5 Å². The maximum atomic E-state index is 11.8. The highest BCUT2D eigenvalue weighted by Crippen LogP contribution is 2.22. The number of aryl methyl sites for hydroxylation is 1. The van der Waals surface area contributed by atoms with E-state index >= 15 is 0 Å². The van der Waals surface area contributed by atoms with E-state index in [1.807, 2.05) is 19.9 Å². The lowest BCUT2D eigenvalue weighted by Gasteiger charge is -2.15. The highest BCUT2D eigenvalue weighted by molar-refractivity contribution is 6.31. The van der Waals surface area contributed by atoms with Gasteiger partial charge in [-0.2, -0.15) is 0 Å². The first-order valence-electron chi connectivity index (χ1n) is 7.62. The van der Waals surface area contributed by atoms with Crippen LogP contribution >= 0.6 is 0 Å². The van der Waals surface area contributed by atoms with Gasteiger partial charge in [-0.15, -0.1) is 0 Å². The van der Waals surface area contributed by atoms with Crippen LogP contribution in [-0.4, -0.2) is 35.1 Å². The number of amides is 4. The molecule has 0 saturated carbocycles. The van der Waals surface area contributed by atoms with E-state index in [1.165, 1.54) is 6.08 Å². The number of rotatable bonds is 3. The summed E-state index contributed by atoms with van der Waals surface area (Å²) in [6, 6.07) is 1.13. The number of imide groups is 2. The number of nitrogens with one attached hydrogen (secondary N) is 2. The molecule has 0 bridgehead atoms. The van der Waals surface area contributed by atoms with Crippen molar-refractivity contribution < 1.29 is 19.1 Å². The molecule has 0 aromatic carbocycles. The molecule has 2 N–H and O–H groups in total. The van der Waals surface area contributed by atoms with E-state index in [9.17, 15) is 14.4 Å². The van der Waals surface area contributed by atoms with Crippen molar-refractivity contribution in [1.29, 1.82) is 0 Å². The highest BCUT2D eigenvalue weighted by Gasteiger charge is 2.28. The van der Waals surface area contributed by atoms with Crippen LogP contribution in [0.2, 0.25) is 0 Å². The number of barbiturate groups is 1. The maximum Gasteiger partial charge on any atom is 0.328 e. The van der Waals surface area contributed by atoms with E-state index in [0.717, 1.165) is 42.9 Å². The van der Waals surface area contributed by atoms with Gasteiger partial charge < -0.3 is 9.30 Å². The minimum atomic E-state index is -0.791. The van der Waals surface area contributed by atoms with E-state index in [1.54, 1.807) is 0 Å². The molecule has 3 rings (SSSR count). The number of carbonyl (C=O) groups is 3. The van der Waals surface area contributed by atoms with Gasteiger partial charge in [-0.05, 0) is 44.4 Å². The van der Waals surface area contributed by atoms with Gasteiger partial charge in [-0.1, -0.05) is 0 Å². The van der Waals surface area contributed by atoms with E-state index in [2.05, 4.69) is 15.2 Å². The summed E-state index contributed by atoms with van der Waals surface area (Å²) in [6.07, 6.45) is 3.85. The zero-order valence-corrected chi connectivity index (χ0v) is 13.1. The van der Waals surface area contributed by atoms with Crippen molar-refractivity contribution in [2.75, 3.05) is 6.61 Å². The average Bonchev–Trinajstić information content (AvgIpc) is 3.07. The Kier molecular flexibility index (Phi) is 4.04. The summed E-state index contributed by atoms with van der Waals surface area (Å²) in [5.74, 6) is -1.36. The van der Waals surface area contributed by atoms with Crippen molar-refractivity contribution in [2.24, 2.45) is 0 Å². The molecule has 0 radical (unpaired) electrons. The van der Waals surface area contributed by atoms with E-state index < -0.39 is 17.8 Å². The third-order valence-corrected chi connectivity index (χ3v) is 4.27. The van der Waals surface area contributed by atoms with Crippen LogP contribution in [0.4, 0.5) is 4.79 Å². The van der Waals surface area contributed by atoms with Crippen LogP contribution in [0.25, 0.3) is 6.08 Å². The smallest absolute Gasteiger partial charge is 0.328 e. The van der Waals surface area contributed by atoms with Gasteiger partial charge in [0.1, 0.15) is 5.57 Å². The fraction of sp³-hybridized carbons (Fsp3) is 0.438. The van der Waals surface area contributed by atoms with Crippen LogP contribution in [-0.2, 0) is 20.9 Å². The molecule has 23 heavy (non-hydrogen) atoms. The molecule has 1 aromatic heterocycles. The zero-order chi connectivity index (χ0) is 16.6. The lowest BCUT2D eigenvalue weighted by molar-refractivity contribution is -0.123. The quantitative estimate of drug-likeness (QED) is 0.644. The summed E-state index contributed by atoms with van der Waals surface area (Å²) in [7, 11) is 0. The third kappa shape index (κ3) is 3.05. The number of hydrogen-bond donors (Lipinski definition) is 2. The SMILES string of the molecule is Cc1cc(C=C2C(=O)NC(=O)NC2=O)c(C)n1C[C@H]1CCCO1. The summed E-state index contributed by atoms with van der Waals surface area (Å²) < 4.78 is 7.80. The molecule has 1 atom stereocenters. The fourth-order valence-electron chi connectivity index (χ4n) is 3.01. The molecule has 0 spiro atoms. The van der Waals surface area contributed by atoms with Gasteiger partial charge in [-0.25, -0.2) is 4.79 Å². The van der Waals surface area contributed by atoms with Crippen molar-refractivity contribution in [3.63, 3.8) is 0 Å². The summed E-state index contributed by atoms with van der Waals surface area (Å²) in [5, 5.41) is 4.15. The van der Waals surface area contributed by atoms with Gasteiger partial charge in [0.25, 0.3) is 11.8 Å². The normalized spacial score (nSPS) is 21.4. The van der Waals surface area contributed by atoms with E-state index in [0.29, 0.717) is 0 Å². The fourth-order valence-corrected chi connectivity index (χ4v) is 3.01. The van der Waals surface area contributed by atoms with Crippen molar-refractivity contribution in [3.05, 3.63) is 28.6 Å². The molecule has 0 unspecified atom stereocenters. The van der Waals surface area contributed by atoms with Crippen LogP contribution < -0.4 is 10.6 Å². The number of urea groups is 1. The Hall–Kier alpha value is -2.41. The molecule has 0 aliphatic carbocycles. The van der Waals surface area contributed by atoms with E-state index in [-0.39, 0.29) is 11.7 Å². The van der Waals surface area contributed by atoms with Gasteiger partial charge in [0.2, 0.25) is 0 Å². The first-order valence-corrected chi connectivity index (χ1v) is 7.62. The third-order valence-electron chi connectivity index (χ3n) is 4.27. The lowest BCUT2D eigenvalue weighted by atomic mass is 10.1. The van der Waals surface area contributed by atoms with E-state index in [4.69, 9.17) is 4.74 Å². The molecule has 1 aromatic rings. The van der Waals surface area contributed by atoms with Crippen LogP contribution in [0.3, 0.4) is 0 Å². The van der Waals surface area contributed by atoms with Gasteiger partial charge in [-0.3, -0.25) is 20.2 Å². The molecule has 4 amide bonds. The largest absolute Gasteiger partial charge is 0.376 e. The van der Waals surface area contributed by atoms with Crippen LogP contribution in [0.15, 0.2) is 11.6 Å². The first-order chi connectivity index (χ1) is 11.0. The summed E-state index contributed by atoms with van der Waals surface area (Å²) >= 11 is 0. The Labute approximate surface area is 133 Å². The van der Waals surface area contributed by atoms with Crippen molar-refractivity contribution in [1.82, 2.24) is 15.2 Å². The Morgan fingerprint density at radius 3 is 2.57 bits per heavy atom. The molecule has 7 heteroatoms. The Morgan fingerprint density at radius 2 is 1.96 bits per heavy atom. The molecule has 122 valence electrons. The number of hydrogen-bond acceptors (Lipinski definition) is 4. The topological polar surface area (TPSA) is 89.4 Å². The van der Waals surface area contributed by atoms with Crippen LogP contribution in [0.1, 0.15) is 29.8 Å². The number of carbonyl (C=O) groups excluding carboxylic acids is 3.